The summed E-state index contributed by atoms with van der Waals surface area (Å²) in [5.41, 5.74) is 3.69. The Kier molecular flexibility index (Phi) is 3.86. The van der Waals surface area contributed by atoms with Gasteiger partial charge in [0.1, 0.15) is 11.8 Å². The van der Waals surface area contributed by atoms with Crippen LogP contribution in [0.15, 0.2) is 41.0 Å². The lowest BCUT2D eigenvalue weighted by atomic mass is 10.1. The van der Waals surface area contributed by atoms with Crippen molar-refractivity contribution < 1.29 is 4.42 Å². The van der Waals surface area contributed by atoms with Gasteiger partial charge in [-0.15, -0.1) is 0 Å². The summed E-state index contributed by atoms with van der Waals surface area (Å²) in [6.07, 6.45) is 1.62. The molecule has 1 atom stereocenters. The maximum atomic E-state index is 6.07. The van der Waals surface area contributed by atoms with Crippen molar-refractivity contribution >= 4 is 34.2 Å². The van der Waals surface area contributed by atoms with Gasteiger partial charge in [-0.3, -0.25) is 5.84 Å². The standard InChI is InChI=1S/C11H10ClIN2O/c12-8-6-7(3-4-9(8)13)11(15-14)10-2-1-5-16-10/h1-6,11,15H,14H2. The first-order valence-electron chi connectivity index (χ1n) is 4.67. The third-order valence-corrected chi connectivity index (χ3v) is 3.84. The predicted molar refractivity (Wildman–Crippen MR) is 72.0 cm³/mol. The highest BCUT2D eigenvalue weighted by Crippen LogP contribution is 2.26. The van der Waals surface area contributed by atoms with Crippen LogP contribution in [0.25, 0.3) is 0 Å². The van der Waals surface area contributed by atoms with E-state index >= 15 is 0 Å². The van der Waals surface area contributed by atoms with Crippen LogP contribution >= 0.6 is 34.2 Å². The molecule has 1 heterocycles. The first kappa shape index (κ1) is 11.9. The maximum absolute atomic E-state index is 6.07. The van der Waals surface area contributed by atoms with Crippen LogP contribution in [0.5, 0.6) is 0 Å². The molecule has 0 fully saturated rings. The summed E-state index contributed by atoms with van der Waals surface area (Å²) in [6.45, 7) is 0. The summed E-state index contributed by atoms with van der Waals surface area (Å²) in [6, 6.07) is 9.33. The Balaban J connectivity index is 2.37. The second-order valence-corrected chi connectivity index (χ2v) is 4.86. The Hall–Kier alpha value is -0.560. The lowest BCUT2D eigenvalue weighted by Crippen LogP contribution is -2.28. The van der Waals surface area contributed by atoms with Gasteiger partial charge in [0, 0.05) is 3.57 Å². The number of nitrogens with one attached hydrogen (secondary N) is 1. The second-order valence-electron chi connectivity index (χ2n) is 3.29. The third-order valence-electron chi connectivity index (χ3n) is 2.27. The number of nitrogens with two attached hydrogens (primary N) is 1. The molecule has 2 aromatic rings. The van der Waals surface area contributed by atoms with Crippen molar-refractivity contribution in [3.8, 4) is 0 Å². The van der Waals surface area contributed by atoms with E-state index in [0.29, 0.717) is 5.02 Å². The average molecular weight is 349 g/mol. The van der Waals surface area contributed by atoms with E-state index in [0.717, 1.165) is 14.9 Å². The molecule has 0 aliphatic heterocycles. The van der Waals surface area contributed by atoms with Gasteiger partial charge in [0.05, 0.1) is 11.3 Å². The lowest BCUT2D eigenvalue weighted by molar-refractivity contribution is 0.452. The minimum Gasteiger partial charge on any atom is -0.467 e. The van der Waals surface area contributed by atoms with E-state index in [-0.39, 0.29) is 6.04 Å². The topological polar surface area (TPSA) is 51.2 Å². The molecule has 0 amide bonds. The van der Waals surface area contributed by atoms with E-state index in [1.54, 1.807) is 6.26 Å². The Morgan fingerprint density at radius 1 is 1.38 bits per heavy atom. The molecule has 2 rings (SSSR count). The zero-order valence-corrected chi connectivity index (χ0v) is 11.2. The molecule has 0 saturated heterocycles. The summed E-state index contributed by atoms with van der Waals surface area (Å²) in [7, 11) is 0. The fourth-order valence-corrected chi connectivity index (χ4v) is 2.01. The van der Waals surface area contributed by atoms with Crippen molar-refractivity contribution in [2.45, 2.75) is 6.04 Å². The number of hydrogen-bond acceptors (Lipinski definition) is 3. The van der Waals surface area contributed by atoms with Gasteiger partial charge < -0.3 is 4.42 Å². The monoisotopic (exact) mass is 348 g/mol. The summed E-state index contributed by atoms with van der Waals surface area (Å²) in [5.74, 6) is 6.29. The third kappa shape index (κ3) is 2.40. The molecule has 1 unspecified atom stereocenters. The molecule has 0 spiro atoms. The van der Waals surface area contributed by atoms with Crippen LogP contribution in [0.4, 0.5) is 0 Å². The average Bonchev–Trinajstić information content (AvgIpc) is 2.78. The first-order valence-corrected chi connectivity index (χ1v) is 6.12. The molecule has 0 saturated carbocycles. The maximum Gasteiger partial charge on any atom is 0.126 e. The van der Waals surface area contributed by atoms with E-state index in [2.05, 4.69) is 28.0 Å². The number of hydrazine groups is 1. The molecule has 5 heteroatoms. The van der Waals surface area contributed by atoms with Crippen LogP contribution in [0.1, 0.15) is 17.4 Å². The van der Waals surface area contributed by atoms with Gasteiger partial charge in [0.15, 0.2) is 0 Å². The van der Waals surface area contributed by atoms with Crippen LogP contribution < -0.4 is 11.3 Å². The Labute approximate surface area is 112 Å². The summed E-state index contributed by atoms with van der Waals surface area (Å²) in [5, 5.41) is 0.713. The molecule has 0 bridgehead atoms. The minimum atomic E-state index is -0.176. The smallest absolute Gasteiger partial charge is 0.126 e. The zero-order chi connectivity index (χ0) is 11.5. The predicted octanol–water partition coefficient (Wildman–Crippen LogP) is 3.09. The second kappa shape index (κ2) is 5.18. The van der Waals surface area contributed by atoms with E-state index in [1.165, 1.54) is 0 Å². The van der Waals surface area contributed by atoms with Crippen molar-refractivity contribution in [2.75, 3.05) is 0 Å². The SMILES string of the molecule is NNC(c1ccc(I)c(Cl)c1)c1ccco1. The number of rotatable bonds is 3. The van der Waals surface area contributed by atoms with Crippen molar-refractivity contribution in [1.29, 1.82) is 0 Å². The fourth-order valence-electron chi connectivity index (χ4n) is 1.49. The van der Waals surface area contributed by atoms with Crippen LogP contribution in [0.2, 0.25) is 5.02 Å². The highest BCUT2D eigenvalue weighted by atomic mass is 127. The van der Waals surface area contributed by atoms with Crippen LogP contribution in [0, 0.1) is 3.57 Å². The number of benzene rings is 1. The molecule has 3 N–H and O–H groups in total. The largest absolute Gasteiger partial charge is 0.467 e. The first-order chi connectivity index (χ1) is 7.72. The summed E-state index contributed by atoms with van der Waals surface area (Å²) in [4.78, 5) is 0. The van der Waals surface area contributed by atoms with Crippen molar-refractivity contribution in [3.05, 3.63) is 56.5 Å². The van der Waals surface area contributed by atoms with Gasteiger partial charge in [-0.05, 0) is 52.4 Å². The number of halogens is 2. The fraction of sp³-hybridized carbons (Fsp3) is 0.0909. The lowest BCUT2D eigenvalue weighted by Gasteiger charge is -2.14. The highest BCUT2D eigenvalue weighted by Gasteiger charge is 2.15. The molecule has 3 nitrogen and oxygen atoms in total. The molecular formula is C11H10ClIN2O. The van der Waals surface area contributed by atoms with Gasteiger partial charge in [-0.25, -0.2) is 5.43 Å². The van der Waals surface area contributed by atoms with Crippen molar-refractivity contribution in [2.24, 2.45) is 5.84 Å². The zero-order valence-electron chi connectivity index (χ0n) is 8.28. The molecule has 1 aromatic carbocycles. The van der Waals surface area contributed by atoms with E-state index < -0.39 is 0 Å². The van der Waals surface area contributed by atoms with E-state index in [4.69, 9.17) is 21.9 Å². The number of furan rings is 1. The minimum absolute atomic E-state index is 0.176. The van der Waals surface area contributed by atoms with Crippen molar-refractivity contribution in [1.82, 2.24) is 5.43 Å². The molecule has 84 valence electrons. The van der Waals surface area contributed by atoms with E-state index in [1.807, 2.05) is 30.3 Å². The summed E-state index contributed by atoms with van der Waals surface area (Å²) >= 11 is 8.25. The van der Waals surface area contributed by atoms with Gasteiger partial charge in [0.2, 0.25) is 0 Å². The Bertz CT molecular complexity index is 473. The normalized spacial score (nSPS) is 12.7. The van der Waals surface area contributed by atoms with E-state index in [9.17, 15) is 0 Å². The Morgan fingerprint density at radius 2 is 2.19 bits per heavy atom. The molecule has 16 heavy (non-hydrogen) atoms. The van der Waals surface area contributed by atoms with Gasteiger partial charge in [-0.2, -0.15) is 0 Å². The van der Waals surface area contributed by atoms with Gasteiger partial charge in [-0.1, -0.05) is 17.7 Å². The molecule has 0 radical (unpaired) electrons. The molecule has 0 aliphatic carbocycles. The van der Waals surface area contributed by atoms with Crippen LogP contribution in [-0.2, 0) is 0 Å². The molecular weight excluding hydrogens is 338 g/mol. The van der Waals surface area contributed by atoms with Gasteiger partial charge in [0.25, 0.3) is 0 Å². The number of hydrogen-bond donors (Lipinski definition) is 2. The van der Waals surface area contributed by atoms with Gasteiger partial charge >= 0.3 is 0 Å². The Morgan fingerprint density at radius 3 is 2.75 bits per heavy atom. The van der Waals surface area contributed by atoms with Crippen LogP contribution in [0.3, 0.4) is 0 Å². The van der Waals surface area contributed by atoms with Crippen LogP contribution in [-0.4, -0.2) is 0 Å². The highest BCUT2D eigenvalue weighted by molar-refractivity contribution is 14.1. The quantitative estimate of drug-likeness (QED) is 0.509. The molecule has 1 aromatic heterocycles. The summed E-state index contributed by atoms with van der Waals surface area (Å²) < 4.78 is 6.34. The van der Waals surface area contributed by atoms with Crippen molar-refractivity contribution in [3.63, 3.8) is 0 Å². The molecule has 0 aliphatic rings.